The lowest BCUT2D eigenvalue weighted by Gasteiger charge is -2.29. The van der Waals surface area contributed by atoms with Crippen LogP contribution >= 0.6 is 0 Å². The average molecular weight is 447 g/mol. The van der Waals surface area contributed by atoms with Gasteiger partial charge >= 0.3 is 6.09 Å². The molecule has 0 bridgehead atoms. The van der Waals surface area contributed by atoms with Gasteiger partial charge in [-0.25, -0.2) is 4.79 Å². The number of rotatable bonds is 7. The Bertz CT molecular complexity index is 772. The Morgan fingerprint density at radius 2 is 1.91 bits per heavy atom. The van der Waals surface area contributed by atoms with E-state index in [1.807, 2.05) is 27.0 Å². The normalized spacial score (nSPS) is 24.1. The predicted octanol–water partition coefficient (Wildman–Crippen LogP) is 3.43. The van der Waals surface area contributed by atoms with Gasteiger partial charge in [-0.3, -0.25) is 14.7 Å². The minimum atomic E-state index is -0.506. The maximum Gasteiger partial charge on any atom is 0.407 e. The summed E-state index contributed by atoms with van der Waals surface area (Å²) in [5.41, 5.74) is 0.677. The first-order valence-corrected chi connectivity index (χ1v) is 11.8. The van der Waals surface area contributed by atoms with Gasteiger partial charge in [-0.2, -0.15) is 0 Å². The quantitative estimate of drug-likeness (QED) is 0.624. The zero-order valence-corrected chi connectivity index (χ0v) is 19.9. The van der Waals surface area contributed by atoms with Crippen molar-refractivity contribution in [2.24, 2.45) is 5.92 Å². The summed E-state index contributed by atoms with van der Waals surface area (Å²) < 4.78 is 11.1. The standard InChI is InChI=1S/C24H38N4O4/c1-24(2,3)32-23(30)27-19-9-7-17(8-10-19)22(29)26-11-13-31-20-14-18(15-25-16-20)21-6-5-12-28(21)4/h14-17,19,21H,5-13H2,1-4H3,(H,26,29)(H,27,30)/t17?,19?,21-/m0/s1. The van der Waals surface area contributed by atoms with Crippen LogP contribution in [0.1, 0.15) is 70.9 Å². The van der Waals surface area contributed by atoms with Crippen LogP contribution < -0.4 is 15.4 Å². The van der Waals surface area contributed by atoms with Gasteiger partial charge < -0.3 is 20.1 Å². The van der Waals surface area contributed by atoms with Gasteiger partial charge in [-0.05, 0) is 84.5 Å². The van der Waals surface area contributed by atoms with Crippen LogP contribution in [-0.2, 0) is 9.53 Å². The molecule has 2 heterocycles. The Hall–Kier alpha value is -2.35. The Kier molecular flexibility index (Phi) is 8.34. The summed E-state index contributed by atoms with van der Waals surface area (Å²) in [5, 5.41) is 5.89. The number of likely N-dealkylation sites (tertiary alicyclic amines) is 1. The van der Waals surface area contributed by atoms with E-state index in [9.17, 15) is 9.59 Å². The third-order valence-electron chi connectivity index (χ3n) is 6.13. The molecule has 2 aliphatic rings. The highest BCUT2D eigenvalue weighted by Crippen LogP contribution is 2.31. The molecule has 1 aromatic heterocycles. The summed E-state index contributed by atoms with van der Waals surface area (Å²) >= 11 is 0. The molecule has 1 aliphatic heterocycles. The minimum absolute atomic E-state index is 0.0189. The van der Waals surface area contributed by atoms with Crippen LogP contribution in [0.15, 0.2) is 18.5 Å². The van der Waals surface area contributed by atoms with E-state index >= 15 is 0 Å². The zero-order valence-electron chi connectivity index (χ0n) is 19.9. The molecule has 1 saturated carbocycles. The first-order chi connectivity index (χ1) is 15.2. The van der Waals surface area contributed by atoms with E-state index in [1.165, 1.54) is 12.0 Å². The third-order valence-corrected chi connectivity index (χ3v) is 6.13. The molecule has 8 nitrogen and oxygen atoms in total. The van der Waals surface area contributed by atoms with E-state index in [0.717, 1.165) is 44.4 Å². The highest BCUT2D eigenvalue weighted by atomic mass is 16.6. The lowest BCUT2D eigenvalue weighted by Crippen LogP contribution is -2.43. The molecule has 2 amide bonds. The molecular formula is C24H38N4O4. The number of pyridine rings is 1. The maximum atomic E-state index is 12.5. The van der Waals surface area contributed by atoms with Crippen LogP contribution in [0, 0.1) is 5.92 Å². The molecule has 1 saturated heterocycles. The van der Waals surface area contributed by atoms with Gasteiger partial charge in [0.25, 0.3) is 0 Å². The van der Waals surface area contributed by atoms with Crippen molar-refractivity contribution in [2.45, 2.75) is 77.0 Å². The monoisotopic (exact) mass is 446 g/mol. The number of hydrogen-bond acceptors (Lipinski definition) is 6. The topological polar surface area (TPSA) is 92.8 Å². The van der Waals surface area contributed by atoms with Crippen LogP contribution in [0.2, 0.25) is 0 Å². The first kappa shape index (κ1) is 24.3. The molecule has 3 rings (SSSR count). The predicted molar refractivity (Wildman–Crippen MR) is 122 cm³/mol. The fraction of sp³-hybridized carbons (Fsp3) is 0.708. The number of carbonyl (C=O) groups is 2. The zero-order chi connectivity index (χ0) is 23.1. The Morgan fingerprint density at radius 1 is 1.16 bits per heavy atom. The molecule has 0 radical (unpaired) electrons. The van der Waals surface area contributed by atoms with Crippen molar-refractivity contribution in [3.8, 4) is 5.75 Å². The first-order valence-electron chi connectivity index (χ1n) is 11.8. The van der Waals surface area contributed by atoms with E-state index in [0.29, 0.717) is 19.2 Å². The fourth-order valence-corrected chi connectivity index (χ4v) is 4.49. The second kappa shape index (κ2) is 11.0. The lowest BCUT2D eigenvalue weighted by atomic mass is 9.85. The van der Waals surface area contributed by atoms with Gasteiger partial charge in [-0.15, -0.1) is 0 Å². The van der Waals surface area contributed by atoms with Gasteiger partial charge in [0.05, 0.1) is 12.7 Å². The lowest BCUT2D eigenvalue weighted by molar-refractivity contribution is -0.126. The Morgan fingerprint density at radius 3 is 2.56 bits per heavy atom. The summed E-state index contributed by atoms with van der Waals surface area (Å²) in [6.45, 7) is 7.52. The molecule has 2 fully saturated rings. The number of carbonyl (C=O) groups excluding carboxylic acids is 2. The molecule has 1 aliphatic carbocycles. The van der Waals surface area contributed by atoms with Crippen LogP contribution in [0.5, 0.6) is 5.75 Å². The van der Waals surface area contributed by atoms with Crippen molar-refractivity contribution >= 4 is 12.0 Å². The number of aromatic nitrogens is 1. The largest absolute Gasteiger partial charge is 0.490 e. The van der Waals surface area contributed by atoms with Gasteiger partial charge in [0.15, 0.2) is 0 Å². The van der Waals surface area contributed by atoms with Crippen LogP contribution in [-0.4, -0.2) is 60.3 Å². The molecule has 2 N–H and O–H groups in total. The molecule has 0 unspecified atom stereocenters. The van der Waals surface area contributed by atoms with Crippen molar-refractivity contribution in [3.05, 3.63) is 24.0 Å². The van der Waals surface area contributed by atoms with Crippen molar-refractivity contribution in [1.29, 1.82) is 0 Å². The van der Waals surface area contributed by atoms with E-state index in [4.69, 9.17) is 9.47 Å². The molecular weight excluding hydrogens is 408 g/mol. The number of nitrogens with one attached hydrogen (secondary N) is 2. The molecule has 178 valence electrons. The second-order valence-corrected chi connectivity index (χ2v) is 9.93. The van der Waals surface area contributed by atoms with E-state index in [2.05, 4.69) is 33.6 Å². The third kappa shape index (κ3) is 7.36. The smallest absolute Gasteiger partial charge is 0.407 e. The van der Waals surface area contributed by atoms with E-state index in [-0.39, 0.29) is 24.0 Å². The van der Waals surface area contributed by atoms with Crippen molar-refractivity contribution in [3.63, 3.8) is 0 Å². The average Bonchev–Trinajstić information content (AvgIpc) is 3.16. The van der Waals surface area contributed by atoms with Gasteiger partial charge in [0.1, 0.15) is 18.0 Å². The summed E-state index contributed by atoms with van der Waals surface area (Å²) in [5.74, 6) is 0.782. The molecule has 0 spiro atoms. The highest BCUT2D eigenvalue weighted by Gasteiger charge is 2.28. The Balaban J connectivity index is 1.33. The number of amides is 2. The number of ether oxygens (including phenoxy) is 2. The summed E-state index contributed by atoms with van der Waals surface area (Å²) in [7, 11) is 2.14. The Labute approximate surface area is 191 Å². The van der Waals surface area contributed by atoms with Crippen LogP contribution in [0.4, 0.5) is 4.79 Å². The summed E-state index contributed by atoms with van der Waals surface area (Å²) in [6, 6.07) is 2.53. The number of hydrogen-bond donors (Lipinski definition) is 2. The van der Waals surface area contributed by atoms with Gasteiger partial charge in [-0.1, -0.05) is 0 Å². The van der Waals surface area contributed by atoms with E-state index in [1.54, 1.807) is 6.20 Å². The summed E-state index contributed by atoms with van der Waals surface area (Å²) in [6.07, 6.45) is 8.67. The molecule has 32 heavy (non-hydrogen) atoms. The summed E-state index contributed by atoms with van der Waals surface area (Å²) in [4.78, 5) is 31.1. The maximum absolute atomic E-state index is 12.5. The number of alkyl carbamates (subject to hydrolysis) is 1. The van der Waals surface area contributed by atoms with Gasteiger partial charge in [0, 0.05) is 24.2 Å². The van der Waals surface area contributed by atoms with E-state index < -0.39 is 5.60 Å². The van der Waals surface area contributed by atoms with Crippen molar-refractivity contribution in [1.82, 2.24) is 20.5 Å². The molecule has 1 aromatic rings. The second-order valence-electron chi connectivity index (χ2n) is 9.93. The van der Waals surface area contributed by atoms with Crippen LogP contribution in [0.25, 0.3) is 0 Å². The molecule has 8 heteroatoms. The van der Waals surface area contributed by atoms with Crippen molar-refractivity contribution < 1.29 is 19.1 Å². The number of nitrogens with zero attached hydrogens (tertiary/aromatic N) is 2. The van der Waals surface area contributed by atoms with Crippen molar-refractivity contribution in [2.75, 3.05) is 26.7 Å². The molecule has 0 aromatic carbocycles. The molecule has 1 atom stereocenters. The SMILES string of the molecule is CN1CCC[C@H]1c1cncc(OCCNC(=O)C2CCC(NC(=O)OC(C)(C)C)CC2)c1. The fourth-order valence-electron chi connectivity index (χ4n) is 4.49. The van der Waals surface area contributed by atoms with Gasteiger partial charge in [0.2, 0.25) is 5.91 Å². The highest BCUT2D eigenvalue weighted by molar-refractivity contribution is 5.78. The minimum Gasteiger partial charge on any atom is -0.490 e. The van der Waals surface area contributed by atoms with Crippen LogP contribution in [0.3, 0.4) is 0 Å².